The molecule has 0 radical (unpaired) electrons. The molecule has 4 nitrogen and oxygen atoms in total. The summed E-state index contributed by atoms with van der Waals surface area (Å²) in [4.78, 5) is 11.1. The molecule has 2 aromatic rings. The standard InChI is InChI=1S/C16H20N2O2/c1-4-14-7-8-15(20-14)10-17-13-6-5-11(2)16(9-13)18-12(3)19/h5-9,17H,4,10H2,1-3H3,(H,18,19). The second-order valence-corrected chi connectivity index (χ2v) is 4.79. The van der Waals surface area contributed by atoms with Crippen molar-refractivity contribution in [1.29, 1.82) is 0 Å². The van der Waals surface area contributed by atoms with E-state index in [9.17, 15) is 4.79 Å². The first-order valence-corrected chi connectivity index (χ1v) is 6.78. The number of benzene rings is 1. The highest BCUT2D eigenvalue weighted by Crippen LogP contribution is 2.21. The van der Waals surface area contributed by atoms with E-state index < -0.39 is 0 Å². The van der Waals surface area contributed by atoms with Crippen LogP contribution < -0.4 is 10.6 Å². The van der Waals surface area contributed by atoms with Gasteiger partial charge in [0.25, 0.3) is 0 Å². The molecule has 0 spiro atoms. The lowest BCUT2D eigenvalue weighted by Crippen LogP contribution is -2.08. The van der Waals surface area contributed by atoms with E-state index >= 15 is 0 Å². The van der Waals surface area contributed by atoms with Gasteiger partial charge in [-0.1, -0.05) is 13.0 Å². The van der Waals surface area contributed by atoms with Crippen LogP contribution in [0.4, 0.5) is 11.4 Å². The van der Waals surface area contributed by atoms with Crippen LogP contribution in [0.25, 0.3) is 0 Å². The number of hydrogen-bond acceptors (Lipinski definition) is 3. The first kappa shape index (κ1) is 14.2. The molecule has 1 heterocycles. The van der Waals surface area contributed by atoms with Crippen LogP contribution in [0.2, 0.25) is 0 Å². The van der Waals surface area contributed by atoms with Crippen LogP contribution >= 0.6 is 0 Å². The summed E-state index contributed by atoms with van der Waals surface area (Å²) in [6.07, 6.45) is 0.900. The Hall–Kier alpha value is -2.23. The van der Waals surface area contributed by atoms with Gasteiger partial charge in [-0.15, -0.1) is 0 Å². The van der Waals surface area contributed by atoms with E-state index in [0.717, 1.165) is 34.9 Å². The molecular weight excluding hydrogens is 252 g/mol. The molecule has 1 amide bonds. The number of furan rings is 1. The number of hydrogen-bond donors (Lipinski definition) is 2. The molecule has 0 aliphatic heterocycles. The second kappa shape index (κ2) is 6.28. The fraction of sp³-hybridized carbons (Fsp3) is 0.312. The average Bonchev–Trinajstić information content (AvgIpc) is 2.87. The summed E-state index contributed by atoms with van der Waals surface area (Å²) in [5, 5.41) is 6.12. The Balaban J connectivity index is 2.03. The number of rotatable bonds is 5. The van der Waals surface area contributed by atoms with Crippen molar-refractivity contribution in [3.8, 4) is 0 Å². The largest absolute Gasteiger partial charge is 0.464 e. The van der Waals surface area contributed by atoms with Crippen LogP contribution in [0.5, 0.6) is 0 Å². The maximum atomic E-state index is 11.1. The summed E-state index contributed by atoms with van der Waals surface area (Å²) in [7, 11) is 0. The lowest BCUT2D eigenvalue weighted by molar-refractivity contribution is -0.114. The topological polar surface area (TPSA) is 54.3 Å². The van der Waals surface area contributed by atoms with Gasteiger partial charge in [-0.25, -0.2) is 0 Å². The van der Waals surface area contributed by atoms with E-state index in [1.807, 2.05) is 37.3 Å². The molecule has 0 bridgehead atoms. The average molecular weight is 272 g/mol. The van der Waals surface area contributed by atoms with Crippen LogP contribution in [0.3, 0.4) is 0 Å². The van der Waals surface area contributed by atoms with Crippen molar-refractivity contribution in [2.24, 2.45) is 0 Å². The van der Waals surface area contributed by atoms with Crippen molar-refractivity contribution in [2.75, 3.05) is 10.6 Å². The third kappa shape index (κ3) is 3.63. The van der Waals surface area contributed by atoms with Crippen LogP contribution in [-0.2, 0) is 17.8 Å². The first-order valence-electron chi connectivity index (χ1n) is 6.78. The molecule has 0 atom stereocenters. The Bertz CT molecular complexity index is 602. The monoisotopic (exact) mass is 272 g/mol. The SMILES string of the molecule is CCc1ccc(CNc2ccc(C)c(NC(C)=O)c2)o1. The molecule has 0 saturated carbocycles. The zero-order chi connectivity index (χ0) is 14.5. The van der Waals surface area contributed by atoms with Crippen molar-refractivity contribution in [3.63, 3.8) is 0 Å². The molecule has 106 valence electrons. The molecule has 20 heavy (non-hydrogen) atoms. The Morgan fingerprint density at radius 3 is 2.60 bits per heavy atom. The molecule has 0 aliphatic rings. The fourth-order valence-corrected chi connectivity index (χ4v) is 1.95. The number of anilines is 2. The van der Waals surface area contributed by atoms with Crippen LogP contribution in [0.15, 0.2) is 34.7 Å². The van der Waals surface area contributed by atoms with E-state index in [2.05, 4.69) is 17.6 Å². The number of carbonyl (C=O) groups is 1. The number of amides is 1. The van der Waals surface area contributed by atoms with Gasteiger partial charge in [0.2, 0.25) is 5.91 Å². The van der Waals surface area contributed by atoms with Gasteiger partial charge in [-0.3, -0.25) is 4.79 Å². The number of nitrogens with one attached hydrogen (secondary N) is 2. The summed E-state index contributed by atoms with van der Waals surface area (Å²) in [5.74, 6) is 1.83. The summed E-state index contributed by atoms with van der Waals surface area (Å²) in [5.41, 5.74) is 2.82. The third-order valence-corrected chi connectivity index (χ3v) is 3.08. The highest BCUT2D eigenvalue weighted by molar-refractivity contribution is 5.90. The molecule has 0 unspecified atom stereocenters. The predicted molar refractivity (Wildman–Crippen MR) is 80.9 cm³/mol. The Labute approximate surface area is 119 Å². The second-order valence-electron chi connectivity index (χ2n) is 4.79. The smallest absolute Gasteiger partial charge is 0.221 e. The summed E-state index contributed by atoms with van der Waals surface area (Å²) >= 11 is 0. The summed E-state index contributed by atoms with van der Waals surface area (Å²) in [6.45, 7) is 6.17. The number of carbonyl (C=O) groups excluding carboxylic acids is 1. The summed E-state index contributed by atoms with van der Waals surface area (Å²) in [6, 6.07) is 9.88. The van der Waals surface area contributed by atoms with Crippen molar-refractivity contribution in [3.05, 3.63) is 47.4 Å². The maximum Gasteiger partial charge on any atom is 0.221 e. The highest BCUT2D eigenvalue weighted by Gasteiger charge is 2.04. The molecule has 2 N–H and O–H groups in total. The van der Waals surface area contributed by atoms with Gasteiger partial charge in [0.05, 0.1) is 6.54 Å². The van der Waals surface area contributed by atoms with Crippen molar-refractivity contribution in [1.82, 2.24) is 0 Å². The maximum absolute atomic E-state index is 11.1. The first-order chi connectivity index (χ1) is 9.58. The van der Waals surface area contributed by atoms with Crippen molar-refractivity contribution < 1.29 is 9.21 Å². The van der Waals surface area contributed by atoms with Crippen molar-refractivity contribution >= 4 is 17.3 Å². The minimum absolute atomic E-state index is 0.0659. The van der Waals surface area contributed by atoms with Crippen LogP contribution in [-0.4, -0.2) is 5.91 Å². The van der Waals surface area contributed by atoms with Gasteiger partial charge in [-0.2, -0.15) is 0 Å². The zero-order valence-electron chi connectivity index (χ0n) is 12.1. The van der Waals surface area contributed by atoms with Gasteiger partial charge >= 0.3 is 0 Å². The Morgan fingerprint density at radius 1 is 1.20 bits per heavy atom. The van der Waals surface area contributed by atoms with E-state index in [1.54, 1.807) is 0 Å². The van der Waals surface area contributed by atoms with Crippen LogP contribution in [0, 0.1) is 6.92 Å². The fourth-order valence-electron chi connectivity index (χ4n) is 1.95. The Kier molecular flexibility index (Phi) is 4.45. The number of aryl methyl sites for hydroxylation is 2. The summed E-state index contributed by atoms with van der Waals surface area (Å²) < 4.78 is 5.64. The van der Waals surface area contributed by atoms with Gasteiger partial charge < -0.3 is 15.1 Å². The van der Waals surface area contributed by atoms with Crippen LogP contribution in [0.1, 0.15) is 30.9 Å². The molecule has 0 aliphatic carbocycles. The molecule has 0 fully saturated rings. The van der Waals surface area contributed by atoms with E-state index in [-0.39, 0.29) is 5.91 Å². The molecule has 1 aromatic carbocycles. The van der Waals surface area contributed by atoms with Gasteiger partial charge in [0.15, 0.2) is 0 Å². The minimum atomic E-state index is -0.0659. The predicted octanol–water partition coefficient (Wildman–Crippen LogP) is 3.72. The van der Waals surface area contributed by atoms with Gasteiger partial charge in [-0.05, 0) is 36.8 Å². The van der Waals surface area contributed by atoms with Gasteiger partial charge in [0, 0.05) is 24.7 Å². The van der Waals surface area contributed by atoms with E-state index in [4.69, 9.17) is 4.42 Å². The lowest BCUT2D eigenvalue weighted by Gasteiger charge is -2.10. The normalized spacial score (nSPS) is 10.3. The minimum Gasteiger partial charge on any atom is -0.464 e. The van der Waals surface area contributed by atoms with Gasteiger partial charge in [0.1, 0.15) is 11.5 Å². The molecule has 2 rings (SSSR count). The molecule has 0 saturated heterocycles. The molecular formula is C16H20N2O2. The molecule has 1 aromatic heterocycles. The van der Waals surface area contributed by atoms with E-state index in [1.165, 1.54) is 6.92 Å². The lowest BCUT2D eigenvalue weighted by atomic mass is 10.1. The van der Waals surface area contributed by atoms with Crippen molar-refractivity contribution in [2.45, 2.75) is 33.7 Å². The van der Waals surface area contributed by atoms with E-state index in [0.29, 0.717) is 6.54 Å². The highest BCUT2D eigenvalue weighted by atomic mass is 16.3. The zero-order valence-corrected chi connectivity index (χ0v) is 12.1. The quantitative estimate of drug-likeness (QED) is 0.872. The Morgan fingerprint density at radius 2 is 1.95 bits per heavy atom. The third-order valence-electron chi connectivity index (χ3n) is 3.08. The molecule has 4 heteroatoms.